The molecule has 3 aromatic rings. The summed E-state index contributed by atoms with van der Waals surface area (Å²) in [6.07, 6.45) is 2.84. The Morgan fingerprint density at radius 1 is 1.04 bits per heavy atom. The van der Waals surface area contributed by atoms with Crippen molar-refractivity contribution < 1.29 is 0 Å². The molecule has 0 aliphatic carbocycles. The number of aryl methyl sites for hydroxylation is 1. The summed E-state index contributed by atoms with van der Waals surface area (Å²) in [5.74, 6) is 0. The van der Waals surface area contributed by atoms with E-state index < -0.39 is 0 Å². The maximum atomic E-state index is 4.64. The first kappa shape index (κ1) is 14.8. The van der Waals surface area contributed by atoms with E-state index in [0.717, 1.165) is 28.7 Å². The van der Waals surface area contributed by atoms with Gasteiger partial charge in [0.15, 0.2) is 0 Å². The second-order valence-corrected chi connectivity index (χ2v) is 6.61. The average molecular weight is 316 g/mol. The van der Waals surface area contributed by atoms with Gasteiger partial charge in [-0.2, -0.15) is 0 Å². The molecule has 4 nitrogen and oxygen atoms in total. The third kappa shape index (κ3) is 2.54. The van der Waals surface area contributed by atoms with Crippen LogP contribution in [-0.4, -0.2) is 20.7 Å². The molecule has 2 aromatic carbocycles. The predicted molar refractivity (Wildman–Crippen MR) is 98.2 cm³/mol. The topological polar surface area (TPSA) is 43.1 Å². The number of nitrogens with zero attached hydrogens (tertiary/aromatic N) is 4. The summed E-state index contributed by atoms with van der Waals surface area (Å²) in [6, 6.07) is 15.2. The number of hydrogen-bond acceptors (Lipinski definition) is 3. The van der Waals surface area contributed by atoms with Crippen molar-refractivity contribution in [1.29, 1.82) is 0 Å². The summed E-state index contributed by atoms with van der Waals surface area (Å²) >= 11 is 0. The van der Waals surface area contributed by atoms with Gasteiger partial charge in [-0.1, -0.05) is 41.1 Å². The molecular weight excluding hydrogens is 296 g/mol. The normalized spacial score (nSPS) is 14.3. The third-order valence-electron chi connectivity index (χ3n) is 4.42. The second kappa shape index (κ2) is 5.71. The summed E-state index contributed by atoms with van der Waals surface area (Å²) in [4.78, 5) is 4.64. The van der Waals surface area contributed by atoms with Crippen molar-refractivity contribution >= 4 is 22.3 Å². The van der Waals surface area contributed by atoms with Gasteiger partial charge >= 0.3 is 0 Å². The van der Waals surface area contributed by atoms with E-state index in [9.17, 15) is 0 Å². The van der Waals surface area contributed by atoms with Crippen LogP contribution in [0.25, 0.3) is 16.6 Å². The van der Waals surface area contributed by atoms with Gasteiger partial charge in [-0.05, 0) is 49.6 Å². The van der Waals surface area contributed by atoms with Crippen LogP contribution in [-0.2, 0) is 0 Å². The Labute approximate surface area is 141 Å². The molecule has 1 aliphatic rings. The first-order chi connectivity index (χ1) is 11.6. The van der Waals surface area contributed by atoms with Crippen molar-refractivity contribution in [1.82, 2.24) is 15.0 Å². The lowest BCUT2D eigenvalue weighted by Crippen LogP contribution is -2.03. The van der Waals surface area contributed by atoms with Crippen molar-refractivity contribution in [3.8, 4) is 0 Å². The molecule has 24 heavy (non-hydrogen) atoms. The summed E-state index contributed by atoms with van der Waals surface area (Å²) < 4.78 is 1.95. The molecule has 120 valence electrons. The molecule has 0 atom stereocenters. The number of rotatable bonds is 3. The van der Waals surface area contributed by atoms with Crippen LogP contribution in [0.5, 0.6) is 0 Å². The van der Waals surface area contributed by atoms with Crippen LogP contribution in [0, 0.1) is 6.92 Å². The Bertz CT molecular complexity index is 976. The molecule has 0 unspecified atom stereocenters. The van der Waals surface area contributed by atoms with Crippen LogP contribution in [0.1, 0.15) is 43.0 Å². The molecule has 4 rings (SSSR count). The van der Waals surface area contributed by atoms with Crippen molar-refractivity contribution in [2.75, 3.05) is 0 Å². The van der Waals surface area contributed by atoms with Crippen LogP contribution in [0.2, 0.25) is 0 Å². The predicted octanol–water partition coefficient (Wildman–Crippen LogP) is 4.55. The molecule has 0 fully saturated rings. The SMILES string of the molecule is Cc1cccc(C2=CN=C(c3ccc4c(c3)nnn4C(C)C)C2)c1. The first-order valence-electron chi connectivity index (χ1n) is 8.30. The maximum absolute atomic E-state index is 4.64. The second-order valence-electron chi connectivity index (χ2n) is 6.61. The van der Waals surface area contributed by atoms with E-state index in [1.165, 1.54) is 16.7 Å². The minimum Gasteiger partial charge on any atom is -0.260 e. The summed E-state index contributed by atoms with van der Waals surface area (Å²) in [6.45, 7) is 6.34. The Morgan fingerprint density at radius 2 is 1.92 bits per heavy atom. The Balaban J connectivity index is 1.61. The molecule has 1 aromatic heterocycles. The lowest BCUT2D eigenvalue weighted by Gasteiger charge is -2.07. The highest BCUT2D eigenvalue weighted by Crippen LogP contribution is 2.28. The number of benzene rings is 2. The third-order valence-corrected chi connectivity index (χ3v) is 4.42. The van der Waals surface area contributed by atoms with Crippen LogP contribution >= 0.6 is 0 Å². The summed E-state index contributed by atoms with van der Waals surface area (Å²) in [5, 5.41) is 8.55. The van der Waals surface area contributed by atoms with E-state index in [2.05, 4.69) is 78.5 Å². The van der Waals surface area contributed by atoms with Gasteiger partial charge in [0.25, 0.3) is 0 Å². The molecule has 0 saturated heterocycles. The Kier molecular flexibility index (Phi) is 3.53. The number of hydrogen-bond donors (Lipinski definition) is 0. The fourth-order valence-corrected chi connectivity index (χ4v) is 3.13. The standard InChI is InChI=1S/C20H20N4/c1-13(2)24-20-8-7-16(10-19(20)22-23-24)18-11-17(12-21-18)15-6-4-5-14(3)9-15/h4-10,12-13H,11H2,1-3H3. The van der Waals surface area contributed by atoms with Crippen LogP contribution in [0.3, 0.4) is 0 Å². The van der Waals surface area contributed by atoms with Crippen LogP contribution in [0.4, 0.5) is 0 Å². The number of aromatic nitrogens is 3. The fraction of sp³-hybridized carbons (Fsp3) is 0.250. The van der Waals surface area contributed by atoms with Crippen molar-refractivity contribution in [3.05, 3.63) is 65.4 Å². The number of allylic oxidation sites excluding steroid dienone is 1. The fourth-order valence-electron chi connectivity index (χ4n) is 3.13. The highest BCUT2D eigenvalue weighted by molar-refractivity contribution is 6.10. The molecule has 0 spiro atoms. The zero-order valence-electron chi connectivity index (χ0n) is 14.2. The lowest BCUT2D eigenvalue weighted by molar-refractivity contribution is 0.530. The smallest absolute Gasteiger partial charge is 0.113 e. The lowest BCUT2D eigenvalue weighted by atomic mass is 9.98. The highest BCUT2D eigenvalue weighted by Gasteiger charge is 2.16. The minimum atomic E-state index is 0.305. The molecule has 2 heterocycles. The Hall–Kier alpha value is -2.75. The van der Waals surface area contributed by atoms with Gasteiger partial charge in [0.2, 0.25) is 0 Å². The quantitative estimate of drug-likeness (QED) is 0.711. The molecule has 0 amide bonds. The highest BCUT2D eigenvalue weighted by atomic mass is 15.4. The van der Waals surface area contributed by atoms with Gasteiger partial charge in [0, 0.05) is 18.7 Å². The largest absolute Gasteiger partial charge is 0.260 e. The van der Waals surface area contributed by atoms with E-state index in [4.69, 9.17) is 0 Å². The summed E-state index contributed by atoms with van der Waals surface area (Å²) in [7, 11) is 0. The maximum Gasteiger partial charge on any atom is 0.113 e. The zero-order chi connectivity index (χ0) is 16.7. The molecule has 1 aliphatic heterocycles. The first-order valence-corrected chi connectivity index (χ1v) is 8.30. The van der Waals surface area contributed by atoms with Crippen LogP contribution < -0.4 is 0 Å². The minimum absolute atomic E-state index is 0.305. The van der Waals surface area contributed by atoms with E-state index >= 15 is 0 Å². The van der Waals surface area contributed by atoms with Crippen molar-refractivity contribution in [2.24, 2.45) is 4.99 Å². The van der Waals surface area contributed by atoms with E-state index in [1.54, 1.807) is 0 Å². The molecule has 0 N–H and O–H groups in total. The van der Waals surface area contributed by atoms with Crippen molar-refractivity contribution in [3.63, 3.8) is 0 Å². The van der Waals surface area contributed by atoms with E-state index in [1.807, 2.05) is 10.9 Å². The van der Waals surface area contributed by atoms with Gasteiger partial charge in [-0.15, -0.1) is 5.10 Å². The molecule has 4 heteroatoms. The molecule has 0 bridgehead atoms. The van der Waals surface area contributed by atoms with Crippen LogP contribution in [0.15, 0.2) is 53.7 Å². The van der Waals surface area contributed by atoms with Gasteiger partial charge in [-0.3, -0.25) is 4.99 Å². The number of aliphatic imine (C=N–C) groups is 1. The molecule has 0 radical (unpaired) electrons. The molecule has 0 saturated carbocycles. The molecular formula is C20H20N4. The Morgan fingerprint density at radius 3 is 2.71 bits per heavy atom. The monoisotopic (exact) mass is 316 g/mol. The van der Waals surface area contributed by atoms with Crippen molar-refractivity contribution in [2.45, 2.75) is 33.2 Å². The van der Waals surface area contributed by atoms with E-state index in [0.29, 0.717) is 6.04 Å². The zero-order valence-corrected chi connectivity index (χ0v) is 14.2. The van der Waals surface area contributed by atoms with Gasteiger partial charge in [0.05, 0.1) is 11.2 Å². The average Bonchev–Trinajstić information content (AvgIpc) is 3.21. The van der Waals surface area contributed by atoms with Gasteiger partial charge in [0.1, 0.15) is 5.52 Å². The summed E-state index contributed by atoms with van der Waals surface area (Å²) in [5.41, 5.74) is 7.99. The van der Waals surface area contributed by atoms with E-state index in [-0.39, 0.29) is 0 Å². The van der Waals surface area contributed by atoms with Gasteiger partial charge < -0.3 is 0 Å². The van der Waals surface area contributed by atoms with Gasteiger partial charge in [-0.25, -0.2) is 4.68 Å². The number of fused-ring (bicyclic) bond motifs is 1.